The van der Waals surface area contributed by atoms with Crippen molar-refractivity contribution in [2.45, 2.75) is 13.5 Å². The molecule has 188 valence electrons. The van der Waals surface area contributed by atoms with Gasteiger partial charge in [-0.3, -0.25) is 14.9 Å². The minimum absolute atomic E-state index is 0.0996. The van der Waals surface area contributed by atoms with Gasteiger partial charge >= 0.3 is 12.0 Å². The Kier molecular flexibility index (Phi) is 7.40. The van der Waals surface area contributed by atoms with Gasteiger partial charge in [0.15, 0.2) is 11.5 Å². The number of aryl methyl sites for hydroxylation is 1. The number of carboxylic acid groups (broad SMARTS) is 1. The number of carboxylic acids is 1. The van der Waals surface area contributed by atoms with Gasteiger partial charge in [-0.15, -0.1) is 0 Å². The molecule has 0 saturated carbocycles. The van der Waals surface area contributed by atoms with Crippen molar-refractivity contribution in [3.8, 4) is 11.5 Å². The predicted molar refractivity (Wildman–Crippen MR) is 139 cm³/mol. The summed E-state index contributed by atoms with van der Waals surface area (Å²) in [5.41, 5.74) is 2.09. The van der Waals surface area contributed by atoms with Crippen molar-refractivity contribution >= 4 is 51.5 Å². The third-order valence-electron chi connectivity index (χ3n) is 5.57. The van der Waals surface area contributed by atoms with Crippen molar-refractivity contribution in [3.05, 3.63) is 93.0 Å². The zero-order valence-corrected chi connectivity index (χ0v) is 21.4. The van der Waals surface area contributed by atoms with E-state index in [2.05, 4.69) is 21.2 Å². The maximum absolute atomic E-state index is 13.2. The Bertz CT molecular complexity index is 1460. The number of hydrogen-bond donors (Lipinski definition) is 2. The molecule has 0 bridgehead atoms. The molecule has 10 heteroatoms. The number of carbonyl (C=O) groups is 4. The highest BCUT2D eigenvalue weighted by Gasteiger charge is 2.37. The van der Waals surface area contributed by atoms with Crippen LogP contribution in [0.25, 0.3) is 6.08 Å². The van der Waals surface area contributed by atoms with E-state index in [1.54, 1.807) is 55.5 Å². The Labute approximate surface area is 220 Å². The van der Waals surface area contributed by atoms with E-state index in [9.17, 15) is 19.2 Å². The highest BCUT2D eigenvalue weighted by Crippen LogP contribution is 2.31. The molecule has 0 spiro atoms. The third-order valence-corrected chi connectivity index (χ3v) is 6.06. The summed E-state index contributed by atoms with van der Waals surface area (Å²) in [5.74, 6) is -1.87. The second-order valence-corrected chi connectivity index (χ2v) is 9.01. The molecule has 1 aliphatic rings. The Morgan fingerprint density at radius 3 is 2.54 bits per heavy atom. The zero-order chi connectivity index (χ0) is 26.7. The number of amides is 4. The fraction of sp³-hybridized carbons (Fsp3) is 0.111. The molecule has 0 aromatic heterocycles. The molecule has 2 N–H and O–H groups in total. The first-order valence-corrected chi connectivity index (χ1v) is 11.8. The van der Waals surface area contributed by atoms with E-state index in [-0.39, 0.29) is 17.7 Å². The highest BCUT2D eigenvalue weighted by atomic mass is 79.9. The van der Waals surface area contributed by atoms with Crippen LogP contribution in [0.15, 0.2) is 70.7 Å². The molecule has 0 atom stereocenters. The van der Waals surface area contributed by atoms with Gasteiger partial charge in [0.1, 0.15) is 12.2 Å². The summed E-state index contributed by atoms with van der Waals surface area (Å²) >= 11 is 3.35. The zero-order valence-electron chi connectivity index (χ0n) is 19.8. The second kappa shape index (κ2) is 10.7. The lowest BCUT2D eigenvalue weighted by atomic mass is 10.1. The smallest absolute Gasteiger partial charge is 0.335 e. The number of benzene rings is 3. The Hall–Kier alpha value is -4.44. The fourth-order valence-electron chi connectivity index (χ4n) is 3.76. The van der Waals surface area contributed by atoms with E-state index in [1.165, 1.54) is 25.3 Å². The summed E-state index contributed by atoms with van der Waals surface area (Å²) in [5, 5.41) is 11.4. The number of methoxy groups -OCH3 is 1. The number of ether oxygens (including phenoxy) is 2. The van der Waals surface area contributed by atoms with Gasteiger partial charge in [0.25, 0.3) is 11.8 Å². The average Bonchev–Trinajstić information content (AvgIpc) is 2.86. The Balaban J connectivity index is 1.59. The van der Waals surface area contributed by atoms with Crippen LogP contribution in [0.1, 0.15) is 27.0 Å². The monoisotopic (exact) mass is 564 g/mol. The van der Waals surface area contributed by atoms with Crippen LogP contribution >= 0.6 is 15.9 Å². The molecule has 1 saturated heterocycles. The SMILES string of the molecule is COc1cc(/C=C2\C(=O)NC(=O)N(c3ccc(Br)cc3C)C2=O)ccc1OCc1cccc(C(=O)O)c1. The molecule has 9 nitrogen and oxygen atoms in total. The number of nitrogens with one attached hydrogen (secondary N) is 1. The van der Waals surface area contributed by atoms with Crippen LogP contribution < -0.4 is 19.7 Å². The number of halogens is 1. The number of barbiturate groups is 1. The quantitative estimate of drug-likeness (QED) is 0.314. The van der Waals surface area contributed by atoms with Gasteiger partial charge in [-0.25, -0.2) is 14.5 Å². The number of imide groups is 2. The van der Waals surface area contributed by atoms with Gasteiger partial charge in [0.05, 0.1) is 18.4 Å². The number of hydrogen-bond acceptors (Lipinski definition) is 6. The van der Waals surface area contributed by atoms with Crippen molar-refractivity contribution in [3.63, 3.8) is 0 Å². The minimum atomic E-state index is -1.03. The maximum atomic E-state index is 13.2. The van der Waals surface area contributed by atoms with Gasteiger partial charge in [-0.1, -0.05) is 34.1 Å². The molecular weight excluding hydrogens is 544 g/mol. The number of carbonyl (C=O) groups excluding carboxylic acids is 3. The Morgan fingerprint density at radius 1 is 1.05 bits per heavy atom. The fourth-order valence-corrected chi connectivity index (χ4v) is 4.24. The minimum Gasteiger partial charge on any atom is -0.493 e. The summed E-state index contributed by atoms with van der Waals surface area (Å²) in [7, 11) is 1.44. The molecule has 1 fully saturated rings. The lowest BCUT2D eigenvalue weighted by Crippen LogP contribution is -2.54. The molecule has 0 aliphatic carbocycles. The standard InChI is InChI=1S/C27H21BrN2O7/c1-15-10-19(28)7-8-21(15)30-25(32)20(24(31)29-27(30)35)12-16-6-9-22(23(13-16)36-2)37-14-17-4-3-5-18(11-17)26(33)34/h3-13H,14H2,1-2H3,(H,33,34)(H,29,31,35)/b20-12+. The van der Waals surface area contributed by atoms with E-state index in [0.29, 0.717) is 33.9 Å². The number of rotatable bonds is 7. The van der Waals surface area contributed by atoms with Crippen LogP contribution in [-0.4, -0.2) is 36.0 Å². The van der Waals surface area contributed by atoms with Crippen LogP contribution in [-0.2, 0) is 16.2 Å². The topological polar surface area (TPSA) is 122 Å². The number of nitrogens with zero attached hydrogens (tertiary/aromatic N) is 1. The van der Waals surface area contributed by atoms with E-state index in [4.69, 9.17) is 14.6 Å². The van der Waals surface area contributed by atoms with Crippen molar-refractivity contribution in [2.75, 3.05) is 12.0 Å². The summed E-state index contributed by atoms with van der Waals surface area (Å²) in [6.07, 6.45) is 1.37. The Morgan fingerprint density at radius 2 is 1.84 bits per heavy atom. The third kappa shape index (κ3) is 5.54. The molecule has 4 amide bonds. The summed E-state index contributed by atoms with van der Waals surface area (Å²) in [6, 6.07) is 15.5. The normalized spacial score (nSPS) is 14.5. The summed E-state index contributed by atoms with van der Waals surface area (Å²) < 4.78 is 12.0. The van der Waals surface area contributed by atoms with Gasteiger partial charge in [-0.05, 0) is 72.2 Å². The first-order valence-electron chi connectivity index (χ1n) is 11.0. The van der Waals surface area contributed by atoms with Crippen LogP contribution in [0.3, 0.4) is 0 Å². The lowest BCUT2D eigenvalue weighted by Gasteiger charge is -2.27. The predicted octanol–water partition coefficient (Wildman–Crippen LogP) is 4.71. The molecule has 1 aliphatic heterocycles. The molecule has 3 aromatic carbocycles. The molecule has 0 radical (unpaired) electrons. The first kappa shape index (κ1) is 25.6. The van der Waals surface area contributed by atoms with Crippen molar-refractivity contribution in [2.24, 2.45) is 0 Å². The van der Waals surface area contributed by atoms with Crippen molar-refractivity contribution in [1.82, 2.24) is 5.32 Å². The molecular formula is C27H21BrN2O7. The first-order chi connectivity index (χ1) is 17.7. The van der Waals surface area contributed by atoms with Crippen molar-refractivity contribution < 1.29 is 33.8 Å². The van der Waals surface area contributed by atoms with E-state index in [1.807, 2.05) is 0 Å². The van der Waals surface area contributed by atoms with Crippen LogP contribution in [0.5, 0.6) is 11.5 Å². The van der Waals surface area contributed by atoms with Crippen molar-refractivity contribution in [1.29, 1.82) is 0 Å². The van der Waals surface area contributed by atoms with Gasteiger partial charge in [-0.2, -0.15) is 0 Å². The average molecular weight is 565 g/mol. The van der Waals surface area contributed by atoms with Gasteiger partial charge in [0, 0.05) is 4.47 Å². The highest BCUT2D eigenvalue weighted by molar-refractivity contribution is 9.10. The van der Waals surface area contributed by atoms with Gasteiger partial charge < -0.3 is 14.6 Å². The van der Waals surface area contributed by atoms with E-state index in [0.717, 1.165) is 9.37 Å². The molecule has 0 unspecified atom stereocenters. The summed E-state index contributed by atoms with van der Waals surface area (Å²) in [4.78, 5) is 50.4. The van der Waals surface area contributed by atoms with E-state index < -0.39 is 23.8 Å². The molecule has 1 heterocycles. The second-order valence-electron chi connectivity index (χ2n) is 8.09. The number of urea groups is 1. The van der Waals surface area contributed by atoms with Crippen LogP contribution in [0.2, 0.25) is 0 Å². The number of aromatic carboxylic acids is 1. The summed E-state index contributed by atoms with van der Waals surface area (Å²) in [6.45, 7) is 1.85. The number of anilines is 1. The van der Waals surface area contributed by atoms with Gasteiger partial charge in [0.2, 0.25) is 0 Å². The maximum Gasteiger partial charge on any atom is 0.335 e. The molecule has 37 heavy (non-hydrogen) atoms. The van der Waals surface area contributed by atoms with E-state index >= 15 is 0 Å². The van der Waals surface area contributed by atoms with Crippen LogP contribution in [0, 0.1) is 6.92 Å². The van der Waals surface area contributed by atoms with Crippen LogP contribution in [0.4, 0.5) is 10.5 Å². The molecule has 3 aromatic rings. The molecule has 4 rings (SSSR count). The largest absolute Gasteiger partial charge is 0.493 e. The lowest BCUT2D eigenvalue weighted by molar-refractivity contribution is -0.122.